The minimum absolute atomic E-state index is 0.0711. The molecule has 82 valence electrons. The molecule has 1 atom stereocenters. The van der Waals surface area contributed by atoms with E-state index in [9.17, 15) is 4.79 Å². The first-order chi connectivity index (χ1) is 6.39. The highest BCUT2D eigenvalue weighted by molar-refractivity contribution is 7.80. The highest BCUT2D eigenvalue weighted by atomic mass is 32.1. The van der Waals surface area contributed by atoms with Gasteiger partial charge < -0.3 is 10.1 Å². The molecule has 0 spiro atoms. The highest BCUT2D eigenvalue weighted by Gasteiger charge is 2.17. The summed E-state index contributed by atoms with van der Waals surface area (Å²) in [5.74, 6) is 0.559. The van der Waals surface area contributed by atoms with Crippen LogP contribution in [-0.2, 0) is 4.74 Å². The molecule has 0 aromatic rings. The number of alkyl carbamates (subject to hydrolysis) is 1. The van der Waals surface area contributed by atoms with E-state index in [1.165, 1.54) is 0 Å². The van der Waals surface area contributed by atoms with Gasteiger partial charge in [0.15, 0.2) is 0 Å². The van der Waals surface area contributed by atoms with Crippen molar-refractivity contribution in [3.8, 4) is 0 Å². The van der Waals surface area contributed by atoms with Gasteiger partial charge in [0.1, 0.15) is 5.60 Å². The van der Waals surface area contributed by atoms with Gasteiger partial charge in [0.2, 0.25) is 0 Å². The quantitative estimate of drug-likeness (QED) is 0.562. The molecule has 4 heteroatoms. The summed E-state index contributed by atoms with van der Waals surface area (Å²) in [6, 6.07) is -0.0711. The van der Waals surface area contributed by atoms with E-state index in [0.29, 0.717) is 5.75 Å². The summed E-state index contributed by atoms with van der Waals surface area (Å²) in [6.07, 6.45) is 3.34. The predicted octanol–water partition coefficient (Wildman–Crippen LogP) is 2.39. The molecule has 3 nitrogen and oxygen atoms in total. The fourth-order valence-electron chi connectivity index (χ4n) is 0.846. The van der Waals surface area contributed by atoms with Gasteiger partial charge >= 0.3 is 6.09 Å². The van der Waals surface area contributed by atoms with E-state index in [2.05, 4.69) is 17.9 Å². The Labute approximate surface area is 91.3 Å². The fourth-order valence-corrected chi connectivity index (χ4v) is 1.06. The van der Waals surface area contributed by atoms with Gasteiger partial charge in [-0.25, -0.2) is 4.79 Å². The number of carbonyl (C=O) groups is 1. The molecule has 0 unspecified atom stereocenters. The van der Waals surface area contributed by atoms with Crippen LogP contribution in [0.1, 0.15) is 27.7 Å². The molecule has 0 aliphatic heterocycles. The maximum absolute atomic E-state index is 11.3. The average molecular weight is 217 g/mol. The SMILES string of the molecule is C/C=C/[C@H](CS)NC(=O)OC(C)(C)C. The maximum atomic E-state index is 11.3. The van der Waals surface area contributed by atoms with Crippen LogP contribution in [0.3, 0.4) is 0 Å². The molecular weight excluding hydrogens is 198 g/mol. The van der Waals surface area contributed by atoms with Gasteiger partial charge in [-0.15, -0.1) is 0 Å². The van der Waals surface area contributed by atoms with Gasteiger partial charge in [0, 0.05) is 5.75 Å². The van der Waals surface area contributed by atoms with Crippen LogP contribution in [0.2, 0.25) is 0 Å². The zero-order chi connectivity index (χ0) is 11.2. The Bertz CT molecular complexity index is 209. The van der Waals surface area contributed by atoms with Crippen molar-refractivity contribution in [3.63, 3.8) is 0 Å². The van der Waals surface area contributed by atoms with E-state index >= 15 is 0 Å². The van der Waals surface area contributed by atoms with Crippen LogP contribution in [0.5, 0.6) is 0 Å². The number of carbonyl (C=O) groups excluding carboxylic acids is 1. The van der Waals surface area contributed by atoms with Crippen LogP contribution in [0.25, 0.3) is 0 Å². The maximum Gasteiger partial charge on any atom is 0.408 e. The molecule has 0 aliphatic rings. The lowest BCUT2D eigenvalue weighted by atomic mass is 10.2. The fraction of sp³-hybridized carbons (Fsp3) is 0.700. The standard InChI is InChI=1S/C10H19NO2S/c1-5-6-8(7-14)11-9(12)13-10(2,3)4/h5-6,8,14H,7H2,1-4H3,(H,11,12)/b6-5+/t8-/m1/s1. The number of amides is 1. The molecule has 0 bridgehead atoms. The number of rotatable bonds is 3. The number of allylic oxidation sites excluding steroid dienone is 1. The van der Waals surface area contributed by atoms with Crippen LogP contribution < -0.4 is 5.32 Å². The summed E-state index contributed by atoms with van der Waals surface area (Å²) < 4.78 is 5.10. The summed E-state index contributed by atoms with van der Waals surface area (Å²) in [6.45, 7) is 7.39. The zero-order valence-corrected chi connectivity index (χ0v) is 10.1. The van der Waals surface area contributed by atoms with E-state index in [-0.39, 0.29) is 6.04 Å². The first kappa shape index (κ1) is 13.4. The molecule has 0 saturated carbocycles. The van der Waals surface area contributed by atoms with Crippen LogP contribution >= 0.6 is 12.6 Å². The minimum Gasteiger partial charge on any atom is -0.444 e. The lowest BCUT2D eigenvalue weighted by molar-refractivity contribution is 0.0519. The van der Waals surface area contributed by atoms with Gasteiger partial charge in [0.05, 0.1) is 6.04 Å². The molecule has 0 aromatic heterocycles. The minimum atomic E-state index is -0.457. The molecule has 1 amide bonds. The van der Waals surface area contributed by atoms with E-state index in [1.807, 2.05) is 39.8 Å². The van der Waals surface area contributed by atoms with Gasteiger partial charge in [0.25, 0.3) is 0 Å². The van der Waals surface area contributed by atoms with Gasteiger partial charge in [-0.3, -0.25) is 0 Å². The number of hydrogen-bond acceptors (Lipinski definition) is 3. The van der Waals surface area contributed by atoms with Crippen molar-refractivity contribution in [1.29, 1.82) is 0 Å². The molecule has 0 aliphatic carbocycles. The predicted molar refractivity (Wildman–Crippen MR) is 61.8 cm³/mol. The van der Waals surface area contributed by atoms with Crippen LogP contribution in [0, 0.1) is 0 Å². The van der Waals surface area contributed by atoms with E-state index in [4.69, 9.17) is 4.74 Å². The average Bonchev–Trinajstić information content (AvgIpc) is 2.00. The molecule has 0 fully saturated rings. The van der Waals surface area contributed by atoms with E-state index in [0.717, 1.165) is 0 Å². The van der Waals surface area contributed by atoms with Crippen LogP contribution in [0.15, 0.2) is 12.2 Å². The Morgan fingerprint density at radius 1 is 1.57 bits per heavy atom. The Hall–Kier alpha value is -0.640. The normalized spacial score (nSPS) is 14.1. The first-order valence-electron chi connectivity index (χ1n) is 4.62. The second-order valence-electron chi connectivity index (χ2n) is 3.96. The van der Waals surface area contributed by atoms with E-state index in [1.54, 1.807) is 0 Å². The molecule has 1 N–H and O–H groups in total. The molecule has 0 radical (unpaired) electrons. The van der Waals surface area contributed by atoms with Crippen LogP contribution in [-0.4, -0.2) is 23.5 Å². The number of ether oxygens (including phenoxy) is 1. The van der Waals surface area contributed by atoms with Gasteiger partial charge in [-0.1, -0.05) is 12.2 Å². The largest absolute Gasteiger partial charge is 0.444 e. The second kappa shape index (κ2) is 5.96. The Morgan fingerprint density at radius 2 is 2.14 bits per heavy atom. The Morgan fingerprint density at radius 3 is 2.50 bits per heavy atom. The third-order valence-corrected chi connectivity index (χ3v) is 1.72. The van der Waals surface area contributed by atoms with E-state index < -0.39 is 11.7 Å². The third-order valence-electron chi connectivity index (χ3n) is 1.32. The first-order valence-corrected chi connectivity index (χ1v) is 5.25. The Kier molecular flexibility index (Phi) is 5.69. The Balaban J connectivity index is 4.04. The van der Waals surface area contributed by atoms with Crippen molar-refractivity contribution in [2.75, 3.05) is 5.75 Å². The van der Waals surface area contributed by atoms with Crippen molar-refractivity contribution >= 4 is 18.7 Å². The van der Waals surface area contributed by atoms with Crippen LogP contribution in [0.4, 0.5) is 4.79 Å². The highest BCUT2D eigenvalue weighted by Crippen LogP contribution is 2.07. The topological polar surface area (TPSA) is 38.3 Å². The lowest BCUT2D eigenvalue weighted by Crippen LogP contribution is -2.39. The molecule has 0 aromatic carbocycles. The number of nitrogens with one attached hydrogen (secondary N) is 1. The van der Waals surface area contributed by atoms with Gasteiger partial charge in [-0.2, -0.15) is 12.6 Å². The molecule has 0 saturated heterocycles. The van der Waals surface area contributed by atoms with Crippen molar-refractivity contribution in [2.24, 2.45) is 0 Å². The summed E-state index contributed by atoms with van der Waals surface area (Å²) in [7, 11) is 0. The number of thiol groups is 1. The third kappa shape index (κ3) is 6.83. The molecule has 14 heavy (non-hydrogen) atoms. The molecule has 0 heterocycles. The zero-order valence-electron chi connectivity index (χ0n) is 9.20. The van der Waals surface area contributed by atoms with Crippen molar-refractivity contribution in [2.45, 2.75) is 39.3 Å². The van der Waals surface area contributed by atoms with Crippen molar-refractivity contribution < 1.29 is 9.53 Å². The van der Waals surface area contributed by atoms with Crippen molar-refractivity contribution in [1.82, 2.24) is 5.32 Å². The van der Waals surface area contributed by atoms with Gasteiger partial charge in [-0.05, 0) is 27.7 Å². The summed E-state index contributed by atoms with van der Waals surface area (Å²) in [4.78, 5) is 11.3. The lowest BCUT2D eigenvalue weighted by Gasteiger charge is -2.21. The molecular formula is C10H19NO2S. The summed E-state index contributed by atoms with van der Waals surface area (Å²) in [5, 5.41) is 2.70. The summed E-state index contributed by atoms with van der Waals surface area (Å²) in [5.41, 5.74) is -0.457. The summed E-state index contributed by atoms with van der Waals surface area (Å²) >= 11 is 4.11. The number of hydrogen-bond donors (Lipinski definition) is 2. The smallest absolute Gasteiger partial charge is 0.408 e. The van der Waals surface area contributed by atoms with Crippen molar-refractivity contribution in [3.05, 3.63) is 12.2 Å². The monoisotopic (exact) mass is 217 g/mol. The molecule has 0 rings (SSSR count). The second-order valence-corrected chi connectivity index (χ2v) is 4.33.